The van der Waals surface area contributed by atoms with E-state index in [1.54, 1.807) is 74.7 Å². The molecule has 0 atom stereocenters. The van der Waals surface area contributed by atoms with Gasteiger partial charge in [-0.3, -0.25) is 43.8 Å². The van der Waals surface area contributed by atoms with Gasteiger partial charge in [0.1, 0.15) is 11.6 Å². The molecular formula is C57H119N11O17. The monoisotopic (exact) mass is 1230 g/mol. The van der Waals surface area contributed by atoms with Gasteiger partial charge in [0.25, 0.3) is 0 Å². The summed E-state index contributed by atoms with van der Waals surface area (Å²) in [5.41, 5.74) is 0.959. The van der Waals surface area contributed by atoms with Gasteiger partial charge in [0.05, 0.1) is 71.4 Å². The highest BCUT2D eigenvalue weighted by Crippen LogP contribution is 1.87. The number of nitrogens with one attached hydrogen (secondary N) is 7. The van der Waals surface area contributed by atoms with Gasteiger partial charge in [-0.05, 0) is 149 Å². The second-order valence-corrected chi connectivity index (χ2v) is 16.8. The molecule has 504 valence electrons. The number of ether oxygens (including phenoxy) is 6. The molecule has 0 aromatic rings. The van der Waals surface area contributed by atoms with Crippen molar-refractivity contribution in [3.8, 4) is 0 Å². The molecule has 0 unspecified atom stereocenters. The first-order chi connectivity index (χ1) is 39.7. The van der Waals surface area contributed by atoms with Gasteiger partial charge in [-0.25, -0.2) is 28.8 Å². The van der Waals surface area contributed by atoms with Gasteiger partial charge < -0.3 is 65.6 Å². The van der Waals surface area contributed by atoms with E-state index < -0.39 is 0 Å². The molecule has 0 aliphatic carbocycles. The van der Waals surface area contributed by atoms with Crippen LogP contribution in [0.3, 0.4) is 0 Å². The molecule has 0 fully saturated rings. The van der Waals surface area contributed by atoms with Crippen LogP contribution in [0.25, 0.3) is 0 Å². The fraction of sp³-hybridized carbons (Fsp3) is 0.754. The van der Waals surface area contributed by atoms with Crippen molar-refractivity contribution in [1.29, 1.82) is 0 Å². The summed E-state index contributed by atoms with van der Waals surface area (Å²) in [6, 6.07) is 0. The van der Waals surface area contributed by atoms with Crippen LogP contribution in [0.1, 0.15) is 157 Å². The Kier molecular flexibility index (Phi) is 107. The van der Waals surface area contributed by atoms with Crippen LogP contribution in [0.2, 0.25) is 0 Å². The van der Waals surface area contributed by atoms with E-state index in [-0.39, 0.29) is 77.7 Å². The zero-order valence-corrected chi connectivity index (χ0v) is 57.1. The Bertz CT molecular complexity index is 1650. The van der Waals surface area contributed by atoms with E-state index in [4.69, 9.17) is 0 Å². The molecule has 7 N–H and O–H groups in total. The lowest BCUT2D eigenvalue weighted by atomic mass is 10.3. The summed E-state index contributed by atoms with van der Waals surface area (Å²) in [4.78, 5) is 126. The minimum absolute atomic E-state index is 0.0325. The van der Waals surface area contributed by atoms with E-state index in [1.165, 1.54) is 56.1 Å². The SMILES string of the molecule is CC(=O)CN=C(C)C.CC=NCC(=O)CC.CC=NCC(C)=O.CCCNCC(C)=O.CCCOC(=O)NC.CCCOC(=O)NC.CCN(C)CC(C)=O.CCOC(=O)NC.CCOC(=O)NC.CNC(=O)OC(C)C.CNC(=O)OC(C)C. The lowest BCUT2D eigenvalue weighted by Crippen LogP contribution is -2.23. The van der Waals surface area contributed by atoms with Crippen molar-refractivity contribution < 1.29 is 81.2 Å². The quantitative estimate of drug-likeness (QED) is 0.0311. The van der Waals surface area contributed by atoms with Crippen LogP contribution in [0.5, 0.6) is 0 Å². The van der Waals surface area contributed by atoms with Gasteiger partial charge in [-0.15, -0.1) is 0 Å². The normalized spacial score (nSPS) is 8.91. The minimum Gasteiger partial charge on any atom is -0.450 e. The number of Topliss-reactive ketones (excluding diaryl/α,β-unsaturated/α-hetero) is 5. The van der Waals surface area contributed by atoms with Gasteiger partial charge in [-0.2, -0.15) is 0 Å². The highest BCUT2D eigenvalue weighted by molar-refractivity contribution is 5.84. The third-order valence-corrected chi connectivity index (χ3v) is 7.13. The molecule has 85 heavy (non-hydrogen) atoms. The number of hydrogen-bond acceptors (Lipinski definition) is 22. The number of ketones is 5. The largest absolute Gasteiger partial charge is 0.450 e. The molecule has 28 heteroatoms. The lowest BCUT2D eigenvalue weighted by molar-refractivity contribution is -0.118. The summed E-state index contributed by atoms with van der Waals surface area (Å²) < 4.78 is 27.4. The molecular weight excluding hydrogens is 1110 g/mol. The van der Waals surface area contributed by atoms with Crippen LogP contribution in [-0.2, 0) is 52.4 Å². The Morgan fingerprint density at radius 1 is 0.459 bits per heavy atom. The van der Waals surface area contributed by atoms with Crippen LogP contribution >= 0.6 is 0 Å². The van der Waals surface area contributed by atoms with Crippen LogP contribution < -0.4 is 37.2 Å². The van der Waals surface area contributed by atoms with Gasteiger partial charge in [0, 0.05) is 54.4 Å². The van der Waals surface area contributed by atoms with Crippen molar-refractivity contribution in [2.45, 2.75) is 169 Å². The van der Waals surface area contributed by atoms with Crippen molar-refractivity contribution in [3.63, 3.8) is 0 Å². The third kappa shape index (κ3) is 154. The van der Waals surface area contributed by atoms with E-state index in [1.807, 2.05) is 60.4 Å². The van der Waals surface area contributed by atoms with Crippen molar-refractivity contribution >= 4 is 83.6 Å². The van der Waals surface area contributed by atoms with Crippen molar-refractivity contribution in [2.24, 2.45) is 15.0 Å². The number of amides is 6. The second-order valence-electron chi connectivity index (χ2n) is 16.8. The first kappa shape index (κ1) is 103. The van der Waals surface area contributed by atoms with Gasteiger partial charge in [-0.1, -0.05) is 34.6 Å². The average Bonchev–Trinajstić information content (AvgIpc) is 3.45. The molecule has 0 heterocycles. The Morgan fingerprint density at radius 3 is 0.965 bits per heavy atom. The Labute approximate surface area is 511 Å². The number of carbonyl (C=O) groups excluding carboxylic acids is 11. The molecule has 0 saturated heterocycles. The number of aliphatic imine (C=N–C) groups is 3. The standard InChI is InChI=1S/C6H11NO.2C6H13NO.C6H11NO.4C5H11NO2.C5H9NO.2C4H9NO2/c1-5(2)7-4-6(3)8;1-4-7(3)5-6(2)8;1-3-4-7-5-6(2)8;1-3-6(8)5-7-4-2;2*1-4(2)8-5(7)6-3;2*1-3-4-8-5(7)6-2;1-3-6-4-5(2)7;2*1-3-7-4(6)5-2/h4H2,1-3H3;4-5H2,1-3H3;7H,3-5H2,1-2H3;4H,3,5H2,1-2H3;2*4H,1-3H3,(H,6,7);2*3-4H2,1-2H3,(H,6,7);3H,4H2,1-2H3;2*3H2,1-2H3,(H,5,6). The molecule has 0 spiro atoms. The minimum atomic E-state index is -0.375. The average molecular weight is 1230 g/mol. The van der Waals surface area contributed by atoms with Crippen molar-refractivity contribution in [1.82, 2.24) is 42.1 Å². The zero-order chi connectivity index (χ0) is 69.0. The van der Waals surface area contributed by atoms with Crippen molar-refractivity contribution in [3.05, 3.63) is 0 Å². The van der Waals surface area contributed by atoms with Crippen LogP contribution in [0.15, 0.2) is 15.0 Å². The molecule has 0 rings (SSSR count). The predicted molar refractivity (Wildman–Crippen MR) is 341 cm³/mol. The van der Waals surface area contributed by atoms with Crippen molar-refractivity contribution in [2.75, 3.05) is 122 Å². The smallest absolute Gasteiger partial charge is 0.407 e. The highest BCUT2D eigenvalue weighted by Gasteiger charge is 2.00. The van der Waals surface area contributed by atoms with Gasteiger partial charge in [0.15, 0.2) is 17.3 Å². The maximum absolute atomic E-state index is 10.5. The number of nitrogens with zero attached hydrogens (tertiary/aromatic N) is 4. The van der Waals surface area contributed by atoms with Crippen LogP contribution in [-0.4, -0.2) is 222 Å². The molecule has 0 saturated carbocycles. The van der Waals surface area contributed by atoms with E-state index in [2.05, 4.69) is 87.5 Å². The lowest BCUT2D eigenvalue weighted by Gasteiger charge is -2.09. The van der Waals surface area contributed by atoms with Gasteiger partial charge in [0.2, 0.25) is 0 Å². The maximum Gasteiger partial charge on any atom is 0.407 e. The molecule has 0 radical (unpaired) electrons. The van der Waals surface area contributed by atoms with E-state index in [0.29, 0.717) is 65.6 Å². The molecule has 6 amide bonds. The highest BCUT2D eigenvalue weighted by atomic mass is 16.6. The number of likely N-dealkylation sites (N-methyl/N-ethyl adjacent to an activating group) is 1. The Balaban J connectivity index is -0.0000000788. The summed E-state index contributed by atoms with van der Waals surface area (Å²) >= 11 is 0. The number of alkyl carbamates (subject to hydrolysis) is 6. The fourth-order valence-electron chi connectivity index (χ4n) is 3.21. The molecule has 0 aromatic carbocycles. The van der Waals surface area contributed by atoms with E-state index in [9.17, 15) is 52.7 Å². The molecule has 0 aromatic heterocycles. The summed E-state index contributed by atoms with van der Waals surface area (Å²) in [7, 11) is 11.1. The number of hydrogen-bond donors (Lipinski definition) is 7. The number of rotatable bonds is 22. The van der Waals surface area contributed by atoms with Crippen LogP contribution in [0, 0.1) is 0 Å². The zero-order valence-electron chi connectivity index (χ0n) is 57.1. The molecule has 28 nitrogen and oxygen atoms in total. The molecule has 0 bridgehead atoms. The summed E-state index contributed by atoms with van der Waals surface area (Å²) in [5.74, 6) is 0.861. The van der Waals surface area contributed by atoms with Gasteiger partial charge >= 0.3 is 36.6 Å². The van der Waals surface area contributed by atoms with E-state index in [0.717, 1.165) is 38.1 Å². The van der Waals surface area contributed by atoms with E-state index >= 15 is 0 Å². The third-order valence-electron chi connectivity index (χ3n) is 7.13. The Morgan fingerprint density at radius 2 is 0.800 bits per heavy atom. The summed E-state index contributed by atoms with van der Waals surface area (Å²) in [6.07, 6.45) is 4.43. The topological polar surface area (TPSA) is 368 Å². The molecule has 0 aliphatic rings. The second kappa shape index (κ2) is 88.1. The van der Waals surface area contributed by atoms with Crippen LogP contribution in [0.4, 0.5) is 28.8 Å². The Hall–Kier alpha value is -7.10. The molecule has 0 aliphatic heterocycles. The maximum atomic E-state index is 10.5. The first-order valence-corrected chi connectivity index (χ1v) is 28.1. The summed E-state index contributed by atoms with van der Waals surface area (Å²) in [6.45, 7) is 40.0. The number of carbonyl (C=O) groups is 11. The fourth-order valence-corrected chi connectivity index (χ4v) is 3.21. The summed E-state index contributed by atoms with van der Waals surface area (Å²) in [5, 5.41) is 16.9. The first-order valence-electron chi connectivity index (χ1n) is 28.1. The predicted octanol–water partition coefficient (Wildman–Crippen LogP) is 7.61.